The molecule has 1 aromatic rings. The lowest BCUT2D eigenvalue weighted by Crippen LogP contribution is -2.00. The molecule has 0 spiro atoms. The van der Waals surface area contributed by atoms with Crippen LogP contribution in [0.5, 0.6) is 0 Å². The second kappa shape index (κ2) is 4.86. The van der Waals surface area contributed by atoms with E-state index in [4.69, 9.17) is 9.79 Å². The van der Waals surface area contributed by atoms with Crippen LogP contribution in [0.1, 0.15) is 0 Å². The molecule has 0 aliphatic carbocycles. The molecule has 66 valence electrons. The van der Waals surface area contributed by atoms with Crippen molar-refractivity contribution < 1.29 is 14.7 Å². The highest BCUT2D eigenvalue weighted by Crippen LogP contribution is 2.41. The summed E-state index contributed by atoms with van der Waals surface area (Å²) in [6.07, 6.45) is 0. The van der Waals surface area contributed by atoms with Crippen molar-refractivity contribution in [3.8, 4) is 0 Å². The molecule has 0 bridgehead atoms. The van der Waals surface area contributed by atoms with Crippen molar-refractivity contribution in [2.24, 2.45) is 0 Å². The normalized spacial score (nSPS) is 13.3. The summed E-state index contributed by atoms with van der Waals surface area (Å²) < 4.78 is 0. The highest BCUT2D eigenvalue weighted by atomic mass is 31.2. The molecule has 0 fully saturated rings. The third kappa shape index (κ3) is 3.14. The van der Waals surface area contributed by atoms with E-state index >= 15 is 0 Å². The molecule has 1 unspecified atom stereocenters. The maximum Gasteiger partial charge on any atom is 0.172 e. The molecule has 5 heteroatoms. The lowest BCUT2D eigenvalue weighted by atomic mass is 10.4. The van der Waals surface area contributed by atoms with E-state index in [1.165, 1.54) is 0 Å². The third-order valence-corrected chi connectivity index (χ3v) is 4.29. The van der Waals surface area contributed by atoms with Gasteiger partial charge in [-0.15, -0.1) is 0 Å². The first-order valence-corrected chi connectivity index (χ1v) is 6.28. The maximum absolute atomic E-state index is 9.45. The minimum absolute atomic E-state index is 0.0781. The lowest BCUT2D eigenvalue weighted by molar-refractivity contribution is 0.487. The van der Waals surface area contributed by atoms with Gasteiger partial charge in [0.1, 0.15) is 0 Å². The van der Waals surface area contributed by atoms with Crippen molar-refractivity contribution in [3.63, 3.8) is 0 Å². The molecule has 0 heterocycles. The van der Waals surface area contributed by atoms with Crippen molar-refractivity contribution in [1.29, 1.82) is 0 Å². The maximum atomic E-state index is 9.45. The number of benzene rings is 1. The van der Waals surface area contributed by atoms with Gasteiger partial charge in [-0.1, -0.05) is 30.3 Å². The van der Waals surface area contributed by atoms with Crippen LogP contribution in [0.4, 0.5) is 0 Å². The Morgan fingerprint density at radius 1 is 1.00 bits per heavy atom. The van der Waals surface area contributed by atoms with Crippen LogP contribution in [0.2, 0.25) is 0 Å². The van der Waals surface area contributed by atoms with E-state index in [0.29, 0.717) is 0 Å². The molecule has 0 saturated heterocycles. The number of hydrogen-bond donors (Lipinski definition) is 3. The summed E-state index contributed by atoms with van der Waals surface area (Å²) in [4.78, 5) is 26.8. The van der Waals surface area contributed by atoms with Gasteiger partial charge >= 0.3 is 0 Å². The van der Waals surface area contributed by atoms with Crippen LogP contribution >= 0.6 is 16.5 Å². The Morgan fingerprint density at radius 3 is 2.08 bits per heavy atom. The summed E-state index contributed by atoms with van der Waals surface area (Å²) in [5, 5.41) is 0.781. The fraction of sp³-hybridized carbons (Fsp3) is 0.143. The predicted molar refractivity (Wildman–Crippen MR) is 51.4 cm³/mol. The highest BCUT2D eigenvalue weighted by Gasteiger charge is 2.11. The van der Waals surface area contributed by atoms with Crippen molar-refractivity contribution in [1.82, 2.24) is 0 Å². The van der Waals surface area contributed by atoms with E-state index in [0.717, 1.165) is 5.30 Å². The molecule has 3 N–H and O–H groups in total. The van der Waals surface area contributed by atoms with Crippen molar-refractivity contribution >= 4 is 21.8 Å². The minimum Gasteiger partial charge on any atom is -0.368 e. The largest absolute Gasteiger partial charge is 0.368 e. The van der Waals surface area contributed by atoms with Gasteiger partial charge in [0.25, 0.3) is 0 Å². The van der Waals surface area contributed by atoms with E-state index in [-0.39, 0.29) is 5.90 Å². The van der Waals surface area contributed by atoms with Crippen LogP contribution in [0.25, 0.3) is 0 Å². The van der Waals surface area contributed by atoms with Crippen molar-refractivity contribution in [2.45, 2.75) is 0 Å². The second-order valence-corrected chi connectivity index (χ2v) is 5.44. The van der Waals surface area contributed by atoms with Gasteiger partial charge < -0.3 is 14.7 Å². The summed E-state index contributed by atoms with van der Waals surface area (Å²) in [7, 11) is -3.37. The molecule has 1 atom stereocenters. The van der Waals surface area contributed by atoms with Gasteiger partial charge in [0.2, 0.25) is 0 Å². The Hall–Kier alpha value is -0.0400. The smallest absolute Gasteiger partial charge is 0.172 e. The van der Waals surface area contributed by atoms with E-state index < -0.39 is 16.5 Å². The van der Waals surface area contributed by atoms with Crippen LogP contribution in [0.3, 0.4) is 0 Å². The Kier molecular flexibility index (Phi) is 4.07. The average molecular weight is 204 g/mol. The van der Waals surface area contributed by atoms with Gasteiger partial charge in [-0.3, -0.25) is 0 Å². The standard InChI is InChI=1S/C7H10O3P2/c8-11(6-12(9)10)7-4-2-1-3-5-7/h1-5,8-10H,6H2. The average Bonchev–Trinajstić information content (AvgIpc) is 2.05. The Balaban J connectivity index is 2.59. The summed E-state index contributed by atoms with van der Waals surface area (Å²) in [5.41, 5.74) is 0. The van der Waals surface area contributed by atoms with Crippen molar-refractivity contribution in [3.05, 3.63) is 30.3 Å². The Morgan fingerprint density at radius 2 is 1.58 bits per heavy atom. The molecule has 3 nitrogen and oxygen atoms in total. The monoisotopic (exact) mass is 204 g/mol. The molecular formula is C7H10O3P2. The van der Waals surface area contributed by atoms with Gasteiger partial charge in [-0.2, -0.15) is 0 Å². The van der Waals surface area contributed by atoms with Crippen LogP contribution in [0, 0.1) is 0 Å². The quantitative estimate of drug-likeness (QED) is 0.642. The Bertz CT molecular complexity index is 227. The fourth-order valence-electron chi connectivity index (χ4n) is 0.802. The van der Waals surface area contributed by atoms with Crippen LogP contribution in [-0.2, 0) is 0 Å². The van der Waals surface area contributed by atoms with Crippen LogP contribution in [-0.4, -0.2) is 20.6 Å². The zero-order chi connectivity index (χ0) is 8.97. The van der Waals surface area contributed by atoms with E-state index in [1.54, 1.807) is 12.1 Å². The SMILES string of the molecule is OP(O)CP(O)c1ccccc1. The molecule has 0 aliphatic heterocycles. The first kappa shape index (κ1) is 10.0. The van der Waals surface area contributed by atoms with Gasteiger partial charge in [0.05, 0.1) is 14.1 Å². The van der Waals surface area contributed by atoms with Crippen molar-refractivity contribution in [2.75, 3.05) is 5.90 Å². The number of hydrogen-bond acceptors (Lipinski definition) is 3. The van der Waals surface area contributed by atoms with E-state index in [2.05, 4.69) is 0 Å². The first-order valence-electron chi connectivity index (χ1n) is 3.37. The molecule has 0 amide bonds. The molecule has 0 aliphatic rings. The van der Waals surface area contributed by atoms with Crippen LogP contribution < -0.4 is 5.30 Å². The lowest BCUT2D eigenvalue weighted by Gasteiger charge is -2.10. The predicted octanol–water partition coefficient (Wildman–Crippen LogP) is 0.955. The zero-order valence-electron chi connectivity index (χ0n) is 6.33. The molecule has 0 saturated carbocycles. The molecule has 1 rings (SSSR count). The van der Waals surface area contributed by atoms with Crippen LogP contribution in [0.15, 0.2) is 30.3 Å². The number of rotatable bonds is 3. The Labute approximate surface area is 73.4 Å². The molecule has 12 heavy (non-hydrogen) atoms. The molecule has 0 radical (unpaired) electrons. The second-order valence-electron chi connectivity index (χ2n) is 2.25. The summed E-state index contributed by atoms with van der Waals surface area (Å²) in [6, 6.07) is 9.05. The molecule has 0 aromatic heterocycles. The topological polar surface area (TPSA) is 60.7 Å². The first-order chi connectivity index (χ1) is 5.70. The summed E-state index contributed by atoms with van der Waals surface area (Å²) in [5.74, 6) is 0.0781. The van der Waals surface area contributed by atoms with E-state index in [1.807, 2.05) is 18.2 Å². The van der Waals surface area contributed by atoms with Gasteiger partial charge in [-0.05, 0) is 0 Å². The summed E-state index contributed by atoms with van der Waals surface area (Å²) >= 11 is 0. The third-order valence-electron chi connectivity index (χ3n) is 1.31. The fourth-order valence-corrected chi connectivity index (χ4v) is 2.93. The van der Waals surface area contributed by atoms with Gasteiger partial charge in [0.15, 0.2) is 8.38 Å². The minimum atomic E-state index is -1.98. The molecule has 1 aromatic carbocycles. The van der Waals surface area contributed by atoms with Gasteiger partial charge in [-0.25, -0.2) is 0 Å². The zero-order valence-corrected chi connectivity index (χ0v) is 8.12. The van der Waals surface area contributed by atoms with E-state index in [9.17, 15) is 4.89 Å². The molecular weight excluding hydrogens is 194 g/mol. The highest BCUT2D eigenvalue weighted by molar-refractivity contribution is 7.71. The summed E-state index contributed by atoms with van der Waals surface area (Å²) in [6.45, 7) is 0. The van der Waals surface area contributed by atoms with Gasteiger partial charge in [0, 0.05) is 5.30 Å².